The summed E-state index contributed by atoms with van der Waals surface area (Å²) in [6.45, 7) is 1.79. The zero-order valence-electron chi connectivity index (χ0n) is 11.1. The molecule has 3 aromatic rings. The molecule has 0 aliphatic heterocycles. The fraction of sp³-hybridized carbons (Fsp3) is 0.0667. The predicted molar refractivity (Wildman–Crippen MR) is 82.0 cm³/mol. The van der Waals surface area contributed by atoms with Crippen LogP contribution in [0.15, 0.2) is 45.4 Å². The summed E-state index contributed by atoms with van der Waals surface area (Å²) >= 11 is 3.34. The van der Waals surface area contributed by atoms with E-state index in [4.69, 9.17) is 10.3 Å². The lowest BCUT2D eigenvalue weighted by atomic mass is 10.1. The van der Waals surface area contributed by atoms with Crippen molar-refractivity contribution in [2.75, 3.05) is 5.73 Å². The molecule has 0 saturated carbocycles. The Morgan fingerprint density at radius 2 is 1.90 bits per heavy atom. The van der Waals surface area contributed by atoms with Crippen molar-refractivity contribution in [3.63, 3.8) is 0 Å². The van der Waals surface area contributed by atoms with E-state index in [1.54, 1.807) is 25.1 Å². The molecule has 0 spiro atoms. The first-order valence-electron chi connectivity index (χ1n) is 6.20. The Kier molecular flexibility index (Phi) is 3.47. The van der Waals surface area contributed by atoms with Crippen molar-refractivity contribution in [3.05, 3.63) is 52.3 Å². The van der Waals surface area contributed by atoms with Crippen LogP contribution in [0.4, 0.5) is 10.1 Å². The monoisotopic (exact) mass is 347 g/mol. The number of nitrogen functional groups attached to an aromatic ring is 1. The highest BCUT2D eigenvalue weighted by molar-refractivity contribution is 9.10. The Hall–Kier alpha value is -2.21. The number of nitrogens with zero attached hydrogens (tertiary/aromatic N) is 2. The van der Waals surface area contributed by atoms with Crippen LogP contribution in [-0.2, 0) is 0 Å². The van der Waals surface area contributed by atoms with Crippen LogP contribution < -0.4 is 5.73 Å². The molecule has 0 aliphatic rings. The number of aryl methyl sites for hydroxylation is 1. The highest BCUT2D eigenvalue weighted by atomic mass is 79.9. The second-order valence-corrected chi connectivity index (χ2v) is 5.53. The zero-order valence-corrected chi connectivity index (χ0v) is 12.7. The van der Waals surface area contributed by atoms with E-state index in [1.807, 2.05) is 6.07 Å². The average Bonchev–Trinajstić information content (AvgIpc) is 2.87. The molecular formula is C15H11BrFN3O. The first-order valence-corrected chi connectivity index (χ1v) is 6.99. The normalized spacial score (nSPS) is 10.8. The molecule has 0 saturated heterocycles. The van der Waals surface area contributed by atoms with Crippen LogP contribution in [0.5, 0.6) is 0 Å². The summed E-state index contributed by atoms with van der Waals surface area (Å²) in [5.74, 6) is 0.445. The SMILES string of the molecule is Cc1cc(F)ccc1-c1noc(-c2ccc(Br)cc2N)n1. The topological polar surface area (TPSA) is 64.9 Å². The second kappa shape index (κ2) is 5.29. The molecule has 6 heteroatoms. The largest absolute Gasteiger partial charge is 0.398 e. The van der Waals surface area contributed by atoms with Gasteiger partial charge in [-0.3, -0.25) is 0 Å². The maximum atomic E-state index is 13.1. The molecule has 3 rings (SSSR count). The first kappa shape index (κ1) is 13.8. The minimum absolute atomic E-state index is 0.294. The molecule has 0 unspecified atom stereocenters. The number of nitrogens with two attached hydrogens (primary N) is 1. The van der Waals surface area contributed by atoms with E-state index in [9.17, 15) is 4.39 Å². The van der Waals surface area contributed by atoms with E-state index < -0.39 is 0 Å². The minimum Gasteiger partial charge on any atom is -0.398 e. The third-order valence-corrected chi connectivity index (χ3v) is 3.59. The zero-order chi connectivity index (χ0) is 15.0. The minimum atomic E-state index is -0.294. The summed E-state index contributed by atoms with van der Waals surface area (Å²) in [6.07, 6.45) is 0. The maximum Gasteiger partial charge on any atom is 0.260 e. The fourth-order valence-electron chi connectivity index (χ4n) is 2.05. The standard InChI is InChI=1S/C15H11BrFN3O/c1-8-6-10(17)3-5-11(8)14-19-15(21-20-14)12-4-2-9(16)7-13(12)18/h2-7H,18H2,1H3. The molecule has 0 amide bonds. The lowest BCUT2D eigenvalue weighted by Gasteiger charge is -2.01. The van der Waals surface area contributed by atoms with Crippen LogP contribution in [0, 0.1) is 12.7 Å². The van der Waals surface area contributed by atoms with Gasteiger partial charge in [0.15, 0.2) is 0 Å². The van der Waals surface area contributed by atoms with E-state index >= 15 is 0 Å². The molecule has 0 aliphatic carbocycles. The molecular weight excluding hydrogens is 337 g/mol. The summed E-state index contributed by atoms with van der Waals surface area (Å²) in [4.78, 5) is 4.34. The van der Waals surface area contributed by atoms with Crippen LogP contribution in [0.25, 0.3) is 22.8 Å². The van der Waals surface area contributed by atoms with Gasteiger partial charge in [0.05, 0.1) is 5.56 Å². The Labute approximate surface area is 128 Å². The lowest BCUT2D eigenvalue weighted by Crippen LogP contribution is -1.90. The Balaban J connectivity index is 2.03. The number of rotatable bonds is 2. The van der Waals surface area contributed by atoms with Crippen LogP contribution in [0.1, 0.15) is 5.56 Å². The van der Waals surface area contributed by atoms with Gasteiger partial charge < -0.3 is 10.3 Å². The number of anilines is 1. The van der Waals surface area contributed by atoms with E-state index in [2.05, 4.69) is 26.1 Å². The number of hydrogen-bond donors (Lipinski definition) is 1. The Morgan fingerprint density at radius 3 is 2.62 bits per heavy atom. The molecule has 21 heavy (non-hydrogen) atoms. The predicted octanol–water partition coefficient (Wildman–Crippen LogP) is 4.20. The van der Waals surface area contributed by atoms with Crippen molar-refractivity contribution in [2.24, 2.45) is 0 Å². The van der Waals surface area contributed by atoms with Crippen LogP contribution in [-0.4, -0.2) is 10.1 Å². The molecule has 0 bridgehead atoms. The van der Waals surface area contributed by atoms with Crippen molar-refractivity contribution < 1.29 is 8.91 Å². The summed E-state index contributed by atoms with van der Waals surface area (Å²) in [7, 11) is 0. The number of halogens is 2. The molecule has 1 aromatic heterocycles. The summed E-state index contributed by atoms with van der Waals surface area (Å²) in [5, 5.41) is 3.94. The summed E-state index contributed by atoms with van der Waals surface area (Å²) in [6, 6.07) is 9.84. The molecule has 0 atom stereocenters. The van der Waals surface area contributed by atoms with Crippen LogP contribution in [0.3, 0.4) is 0 Å². The molecule has 2 aromatic carbocycles. The third kappa shape index (κ3) is 2.67. The Bertz CT molecular complexity index is 750. The molecule has 0 fully saturated rings. The number of aromatic nitrogens is 2. The maximum absolute atomic E-state index is 13.1. The van der Waals surface area contributed by atoms with Crippen molar-refractivity contribution in [3.8, 4) is 22.8 Å². The first-order chi connectivity index (χ1) is 10.0. The van der Waals surface area contributed by atoms with E-state index in [0.717, 1.165) is 15.6 Å². The van der Waals surface area contributed by atoms with Crippen molar-refractivity contribution >= 4 is 21.6 Å². The Morgan fingerprint density at radius 1 is 1.14 bits per heavy atom. The molecule has 0 radical (unpaired) electrons. The van der Waals surface area contributed by atoms with Crippen molar-refractivity contribution in [1.82, 2.24) is 10.1 Å². The number of hydrogen-bond acceptors (Lipinski definition) is 4. The van der Waals surface area contributed by atoms with Gasteiger partial charge in [0, 0.05) is 15.7 Å². The summed E-state index contributed by atoms with van der Waals surface area (Å²) in [5.41, 5.74) is 8.61. The van der Waals surface area contributed by atoms with E-state index in [-0.39, 0.29) is 5.82 Å². The smallest absolute Gasteiger partial charge is 0.260 e. The molecule has 106 valence electrons. The van der Waals surface area contributed by atoms with E-state index in [1.165, 1.54) is 12.1 Å². The van der Waals surface area contributed by atoms with Gasteiger partial charge in [0.25, 0.3) is 5.89 Å². The van der Waals surface area contributed by atoms with Gasteiger partial charge in [-0.1, -0.05) is 21.1 Å². The van der Waals surface area contributed by atoms with Crippen LogP contribution >= 0.6 is 15.9 Å². The van der Waals surface area contributed by atoms with Gasteiger partial charge in [-0.2, -0.15) is 4.98 Å². The van der Waals surface area contributed by atoms with Crippen LogP contribution in [0.2, 0.25) is 0 Å². The second-order valence-electron chi connectivity index (χ2n) is 4.61. The van der Waals surface area contributed by atoms with Gasteiger partial charge in [0.1, 0.15) is 5.82 Å². The van der Waals surface area contributed by atoms with Gasteiger partial charge in [-0.05, 0) is 48.9 Å². The van der Waals surface area contributed by atoms with Gasteiger partial charge in [-0.15, -0.1) is 0 Å². The fourth-order valence-corrected chi connectivity index (χ4v) is 2.43. The number of benzene rings is 2. The molecule has 2 N–H and O–H groups in total. The average molecular weight is 348 g/mol. The molecule has 4 nitrogen and oxygen atoms in total. The van der Waals surface area contributed by atoms with Gasteiger partial charge in [-0.25, -0.2) is 4.39 Å². The van der Waals surface area contributed by atoms with E-state index in [0.29, 0.717) is 23.0 Å². The molecule has 1 heterocycles. The lowest BCUT2D eigenvalue weighted by molar-refractivity contribution is 0.432. The van der Waals surface area contributed by atoms with Gasteiger partial charge in [0.2, 0.25) is 5.82 Å². The van der Waals surface area contributed by atoms with Gasteiger partial charge >= 0.3 is 0 Å². The van der Waals surface area contributed by atoms with Crippen molar-refractivity contribution in [2.45, 2.75) is 6.92 Å². The third-order valence-electron chi connectivity index (χ3n) is 3.10. The quantitative estimate of drug-likeness (QED) is 0.705. The van der Waals surface area contributed by atoms with Crippen molar-refractivity contribution in [1.29, 1.82) is 0 Å². The summed E-state index contributed by atoms with van der Waals surface area (Å²) < 4.78 is 19.3. The highest BCUT2D eigenvalue weighted by Gasteiger charge is 2.14. The highest BCUT2D eigenvalue weighted by Crippen LogP contribution is 2.29.